The normalized spacial score (nSPS) is 14.8. The van der Waals surface area contributed by atoms with Crippen molar-refractivity contribution in [2.45, 2.75) is 38.6 Å². The number of benzene rings is 1. The van der Waals surface area contributed by atoms with Gasteiger partial charge in [-0.2, -0.15) is 4.98 Å². The van der Waals surface area contributed by atoms with Crippen LogP contribution in [0, 0.1) is 0 Å². The molecule has 0 bridgehead atoms. The third-order valence-electron chi connectivity index (χ3n) is 4.45. The second-order valence-corrected chi connectivity index (χ2v) is 6.41. The van der Waals surface area contributed by atoms with Crippen LogP contribution in [0.2, 0.25) is 0 Å². The first-order valence-electron chi connectivity index (χ1n) is 9.24. The summed E-state index contributed by atoms with van der Waals surface area (Å²) in [7, 11) is 0. The van der Waals surface area contributed by atoms with Crippen molar-refractivity contribution in [2.24, 2.45) is 0 Å². The Morgan fingerprint density at radius 3 is 2.70 bits per heavy atom. The predicted molar refractivity (Wildman–Crippen MR) is 97.8 cm³/mol. The maximum atomic E-state index is 12.2. The highest BCUT2D eigenvalue weighted by atomic mass is 16.6. The number of hydrogen-bond donors (Lipinski definition) is 1. The van der Waals surface area contributed by atoms with Gasteiger partial charge in [0.05, 0.1) is 6.61 Å². The number of nitrogens with one attached hydrogen (secondary N) is 1. The molecule has 0 radical (unpaired) electrons. The summed E-state index contributed by atoms with van der Waals surface area (Å²) in [6.45, 7) is 3.34. The summed E-state index contributed by atoms with van der Waals surface area (Å²) >= 11 is 0. The van der Waals surface area contributed by atoms with Gasteiger partial charge in [0.1, 0.15) is 0 Å². The Bertz CT molecular complexity index is 754. The van der Waals surface area contributed by atoms with Crippen LogP contribution in [0.3, 0.4) is 0 Å². The van der Waals surface area contributed by atoms with Crippen LogP contribution in [-0.2, 0) is 16.0 Å². The van der Waals surface area contributed by atoms with E-state index in [2.05, 4.69) is 15.5 Å². The Morgan fingerprint density at radius 2 is 2.00 bits per heavy atom. The quantitative estimate of drug-likeness (QED) is 0.836. The summed E-state index contributed by atoms with van der Waals surface area (Å²) in [6.07, 6.45) is 1.85. The Hall–Kier alpha value is -2.90. The SMILES string of the molecule is CCOC(=O)N1CCC(NC(=O)CCc2nc(-c3ccccc3)no2)CC1. The monoisotopic (exact) mass is 372 g/mol. The second kappa shape index (κ2) is 9.16. The molecule has 8 heteroatoms. The summed E-state index contributed by atoms with van der Waals surface area (Å²) in [5.41, 5.74) is 0.880. The fraction of sp³-hybridized carbons (Fsp3) is 0.474. The molecule has 3 rings (SSSR count). The number of amides is 2. The van der Waals surface area contributed by atoms with Gasteiger partial charge in [0.2, 0.25) is 17.6 Å². The fourth-order valence-electron chi connectivity index (χ4n) is 3.00. The predicted octanol–water partition coefficient (Wildman–Crippen LogP) is 2.41. The van der Waals surface area contributed by atoms with Gasteiger partial charge < -0.3 is 19.5 Å². The minimum atomic E-state index is -0.284. The van der Waals surface area contributed by atoms with E-state index in [1.54, 1.807) is 11.8 Å². The molecule has 0 unspecified atom stereocenters. The number of nitrogens with zero attached hydrogens (tertiary/aromatic N) is 3. The molecule has 144 valence electrons. The number of rotatable bonds is 6. The van der Waals surface area contributed by atoms with Crippen molar-refractivity contribution >= 4 is 12.0 Å². The molecule has 1 aliphatic heterocycles. The topological polar surface area (TPSA) is 97.6 Å². The molecule has 8 nitrogen and oxygen atoms in total. The molecule has 1 saturated heterocycles. The van der Waals surface area contributed by atoms with Crippen molar-refractivity contribution in [3.63, 3.8) is 0 Å². The molecular formula is C19H24N4O4. The lowest BCUT2D eigenvalue weighted by Gasteiger charge is -2.31. The van der Waals surface area contributed by atoms with Gasteiger partial charge in [-0.05, 0) is 19.8 Å². The molecule has 1 fully saturated rings. The summed E-state index contributed by atoms with van der Waals surface area (Å²) in [5, 5.41) is 6.96. The lowest BCUT2D eigenvalue weighted by atomic mass is 10.1. The van der Waals surface area contributed by atoms with Crippen LogP contribution in [0.5, 0.6) is 0 Å². The largest absolute Gasteiger partial charge is 0.450 e. The van der Waals surface area contributed by atoms with E-state index in [9.17, 15) is 9.59 Å². The lowest BCUT2D eigenvalue weighted by Crippen LogP contribution is -2.46. The van der Waals surface area contributed by atoms with Crippen molar-refractivity contribution in [3.05, 3.63) is 36.2 Å². The minimum Gasteiger partial charge on any atom is -0.450 e. The van der Waals surface area contributed by atoms with Gasteiger partial charge in [0, 0.05) is 37.5 Å². The number of likely N-dealkylation sites (tertiary alicyclic amines) is 1. The van der Waals surface area contributed by atoms with Crippen LogP contribution < -0.4 is 5.32 Å². The van der Waals surface area contributed by atoms with Gasteiger partial charge in [0.15, 0.2) is 0 Å². The third-order valence-corrected chi connectivity index (χ3v) is 4.45. The second-order valence-electron chi connectivity index (χ2n) is 6.41. The van der Waals surface area contributed by atoms with Crippen molar-refractivity contribution < 1.29 is 18.8 Å². The van der Waals surface area contributed by atoms with Crippen LogP contribution in [0.4, 0.5) is 4.79 Å². The first-order chi connectivity index (χ1) is 13.2. The molecule has 0 spiro atoms. The zero-order chi connectivity index (χ0) is 19.1. The highest BCUT2D eigenvalue weighted by Crippen LogP contribution is 2.16. The van der Waals surface area contributed by atoms with Gasteiger partial charge >= 0.3 is 6.09 Å². The lowest BCUT2D eigenvalue weighted by molar-refractivity contribution is -0.122. The highest BCUT2D eigenvalue weighted by Gasteiger charge is 2.24. The van der Waals surface area contributed by atoms with Crippen molar-refractivity contribution in [3.8, 4) is 11.4 Å². The van der Waals surface area contributed by atoms with E-state index in [0.29, 0.717) is 37.8 Å². The van der Waals surface area contributed by atoms with E-state index in [1.165, 1.54) is 0 Å². The Labute approximate surface area is 157 Å². The Balaban J connectivity index is 1.41. The first-order valence-corrected chi connectivity index (χ1v) is 9.24. The number of carbonyl (C=O) groups is 2. The van der Waals surface area contributed by atoms with E-state index in [-0.39, 0.29) is 24.5 Å². The molecule has 1 aliphatic rings. The first kappa shape index (κ1) is 18.9. The Kier molecular flexibility index (Phi) is 6.40. The van der Waals surface area contributed by atoms with Gasteiger partial charge in [-0.1, -0.05) is 35.5 Å². The van der Waals surface area contributed by atoms with Gasteiger partial charge in [-0.25, -0.2) is 4.79 Å². The standard InChI is InChI=1S/C19H24N4O4/c1-2-26-19(25)23-12-10-15(11-13-23)20-16(24)8-9-17-21-18(22-27-17)14-6-4-3-5-7-14/h3-7,15H,2,8-13H2,1H3,(H,20,24). The van der Waals surface area contributed by atoms with Crippen molar-refractivity contribution in [1.29, 1.82) is 0 Å². The summed E-state index contributed by atoms with van der Waals surface area (Å²) < 4.78 is 10.2. The number of carbonyl (C=O) groups excluding carboxylic acids is 2. The molecule has 1 aromatic carbocycles. The van der Waals surface area contributed by atoms with Crippen molar-refractivity contribution in [2.75, 3.05) is 19.7 Å². The van der Waals surface area contributed by atoms with E-state index in [4.69, 9.17) is 9.26 Å². The smallest absolute Gasteiger partial charge is 0.409 e. The van der Waals surface area contributed by atoms with Crippen molar-refractivity contribution in [1.82, 2.24) is 20.4 Å². The molecule has 27 heavy (non-hydrogen) atoms. The van der Waals surface area contributed by atoms with Gasteiger partial charge in [0.25, 0.3) is 0 Å². The van der Waals surface area contributed by atoms with E-state index < -0.39 is 0 Å². The number of ether oxygens (including phenoxy) is 1. The van der Waals surface area contributed by atoms with Crippen LogP contribution in [0.25, 0.3) is 11.4 Å². The zero-order valence-corrected chi connectivity index (χ0v) is 15.4. The summed E-state index contributed by atoms with van der Waals surface area (Å²) in [5.74, 6) is 0.919. The number of aromatic nitrogens is 2. The average Bonchev–Trinajstić information content (AvgIpc) is 3.17. The number of hydrogen-bond acceptors (Lipinski definition) is 6. The van der Waals surface area contributed by atoms with Gasteiger partial charge in [-0.3, -0.25) is 4.79 Å². The fourth-order valence-corrected chi connectivity index (χ4v) is 3.00. The van der Waals surface area contributed by atoms with E-state index in [1.807, 2.05) is 30.3 Å². The average molecular weight is 372 g/mol. The van der Waals surface area contributed by atoms with Crippen LogP contribution in [-0.4, -0.2) is 52.8 Å². The van der Waals surface area contributed by atoms with E-state index >= 15 is 0 Å². The molecular weight excluding hydrogens is 348 g/mol. The molecule has 1 aromatic heterocycles. The summed E-state index contributed by atoms with van der Waals surface area (Å²) in [6, 6.07) is 9.63. The summed E-state index contributed by atoms with van der Waals surface area (Å²) in [4.78, 5) is 29.9. The number of piperidine rings is 1. The maximum absolute atomic E-state index is 12.2. The highest BCUT2D eigenvalue weighted by molar-refractivity contribution is 5.76. The van der Waals surface area contributed by atoms with Gasteiger partial charge in [-0.15, -0.1) is 0 Å². The number of aryl methyl sites for hydroxylation is 1. The molecule has 2 heterocycles. The van der Waals surface area contributed by atoms with Crippen LogP contribution >= 0.6 is 0 Å². The molecule has 0 saturated carbocycles. The molecule has 0 aliphatic carbocycles. The van der Waals surface area contributed by atoms with Crippen LogP contribution in [0.1, 0.15) is 32.1 Å². The molecule has 2 aromatic rings. The Morgan fingerprint density at radius 1 is 1.26 bits per heavy atom. The van der Waals surface area contributed by atoms with Crippen LogP contribution in [0.15, 0.2) is 34.9 Å². The molecule has 0 atom stereocenters. The minimum absolute atomic E-state index is 0.0518. The third kappa shape index (κ3) is 5.29. The zero-order valence-electron chi connectivity index (χ0n) is 15.4. The maximum Gasteiger partial charge on any atom is 0.409 e. The molecule has 2 amide bonds. The van der Waals surface area contributed by atoms with E-state index in [0.717, 1.165) is 18.4 Å². The molecule has 1 N–H and O–H groups in total.